The molecule has 4 rings (SSSR count). The van der Waals surface area contributed by atoms with Crippen molar-refractivity contribution in [2.24, 2.45) is 0 Å². The average molecular weight is 367 g/mol. The minimum absolute atomic E-state index is 0.224. The zero-order valence-corrected chi connectivity index (χ0v) is 16.2. The molecule has 1 N–H and O–H groups in total. The first-order valence-corrected chi connectivity index (χ1v) is 10.1. The first-order chi connectivity index (χ1) is 13.0. The van der Waals surface area contributed by atoms with E-state index in [2.05, 4.69) is 16.0 Å². The summed E-state index contributed by atoms with van der Waals surface area (Å²) >= 11 is 0. The van der Waals surface area contributed by atoms with E-state index in [1.165, 1.54) is 12.8 Å². The molecule has 2 aliphatic heterocycles. The van der Waals surface area contributed by atoms with Crippen molar-refractivity contribution >= 4 is 16.8 Å². The van der Waals surface area contributed by atoms with Crippen molar-refractivity contribution in [3.8, 4) is 0 Å². The molecule has 3 heterocycles. The van der Waals surface area contributed by atoms with Crippen molar-refractivity contribution < 1.29 is 9.90 Å². The van der Waals surface area contributed by atoms with E-state index in [1.54, 1.807) is 0 Å². The number of benzene rings is 1. The van der Waals surface area contributed by atoms with E-state index in [9.17, 15) is 9.90 Å². The van der Waals surface area contributed by atoms with Crippen LogP contribution in [0.5, 0.6) is 0 Å². The zero-order chi connectivity index (χ0) is 18.9. The standard InChI is InChI=1S/C22H29N3O2/c1-17-4-5-18-16-19(6-7-20(18)23-17)22(27)9-14-25(15-10-22)21(26)8-13-24-11-2-3-12-24/h4-7,16,27H,2-3,8-15H2,1H3. The van der Waals surface area contributed by atoms with Crippen LogP contribution in [-0.2, 0) is 10.4 Å². The number of aromatic nitrogens is 1. The number of piperidine rings is 1. The van der Waals surface area contributed by atoms with Gasteiger partial charge in [-0.3, -0.25) is 9.78 Å². The highest BCUT2D eigenvalue weighted by molar-refractivity contribution is 5.80. The van der Waals surface area contributed by atoms with Gasteiger partial charge in [-0.05, 0) is 69.5 Å². The zero-order valence-electron chi connectivity index (χ0n) is 16.2. The Labute approximate surface area is 161 Å². The van der Waals surface area contributed by atoms with Crippen LogP contribution in [0.25, 0.3) is 10.9 Å². The van der Waals surface area contributed by atoms with Crippen molar-refractivity contribution in [2.75, 3.05) is 32.7 Å². The highest BCUT2D eigenvalue weighted by Crippen LogP contribution is 2.34. The number of hydrogen-bond acceptors (Lipinski definition) is 4. The molecule has 0 atom stereocenters. The molecule has 0 bridgehead atoms. The second kappa shape index (κ2) is 7.56. The largest absolute Gasteiger partial charge is 0.385 e. The highest BCUT2D eigenvalue weighted by Gasteiger charge is 2.35. The lowest BCUT2D eigenvalue weighted by Gasteiger charge is -2.39. The van der Waals surface area contributed by atoms with Gasteiger partial charge in [-0.25, -0.2) is 0 Å². The number of rotatable bonds is 4. The Morgan fingerprint density at radius 2 is 1.85 bits per heavy atom. The average Bonchev–Trinajstić information content (AvgIpc) is 3.20. The molecule has 2 fully saturated rings. The Balaban J connectivity index is 1.38. The first-order valence-electron chi connectivity index (χ1n) is 10.1. The number of hydrogen-bond donors (Lipinski definition) is 1. The second-order valence-electron chi connectivity index (χ2n) is 8.07. The van der Waals surface area contributed by atoms with Gasteiger partial charge in [0.2, 0.25) is 5.91 Å². The molecular formula is C22H29N3O2. The summed E-state index contributed by atoms with van der Waals surface area (Å²) in [7, 11) is 0. The van der Waals surface area contributed by atoms with Crippen LogP contribution < -0.4 is 0 Å². The van der Waals surface area contributed by atoms with Crippen LogP contribution in [0, 0.1) is 6.92 Å². The first kappa shape index (κ1) is 18.4. The molecule has 144 valence electrons. The number of likely N-dealkylation sites (tertiary alicyclic amines) is 2. The number of carbonyl (C=O) groups is 1. The van der Waals surface area contributed by atoms with Crippen LogP contribution >= 0.6 is 0 Å². The Kier molecular flexibility index (Phi) is 5.15. The molecule has 0 spiro atoms. The lowest BCUT2D eigenvalue weighted by Crippen LogP contribution is -2.45. The van der Waals surface area contributed by atoms with Crippen LogP contribution in [0.15, 0.2) is 30.3 Å². The van der Waals surface area contributed by atoms with E-state index in [-0.39, 0.29) is 5.91 Å². The molecule has 0 saturated carbocycles. The summed E-state index contributed by atoms with van der Waals surface area (Å²) in [6.45, 7) is 6.36. The molecule has 5 nitrogen and oxygen atoms in total. The van der Waals surface area contributed by atoms with Crippen molar-refractivity contribution in [1.82, 2.24) is 14.8 Å². The van der Waals surface area contributed by atoms with Gasteiger partial charge in [0.1, 0.15) is 0 Å². The third kappa shape index (κ3) is 3.99. The molecule has 1 aromatic carbocycles. The SMILES string of the molecule is Cc1ccc2cc(C3(O)CCN(C(=O)CCN4CCCC4)CC3)ccc2n1. The van der Waals surface area contributed by atoms with E-state index in [0.717, 1.165) is 41.8 Å². The fourth-order valence-corrected chi connectivity index (χ4v) is 4.35. The molecule has 2 saturated heterocycles. The predicted octanol–water partition coefficient (Wildman–Crippen LogP) is 2.84. The van der Waals surface area contributed by atoms with Gasteiger partial charge in [0.15, 0.2) is 0 Å². The van der Waals surface area contributed by atoms with Gasteiger partial charge in [0, 0.05) is 37.1 Å². The molecule has 0 aliphatic carbocycles. The van der Waals surface area contributed by atoms with Gasteiger partial charge in [-0.2, -0.15) is 0 Å². The lowest BCUT2D eigenvalue weighted by atomic mass is 9.84. The maximum Gasteiger partial charge on any atom is 0.223 e. The Hall–Kier alpha value is -1.98. The molecule has 5 heteroatoms. The van der Waals surface area contributed by atoms with Gasteiger partial charge in [0.25, 0.3) is 0 Å². The van der Waals surface area contributed by atoms with Gasteiger partial charge in [-0.1, -0.05) is 12.1 Å². The summed E-state index contributed by atoms with van der Waals surface area (Å²) in [5.41, 5.74) is 2.03. The minimum Gasteiger partial charge on any atom is -0.385 e. The van der Waals surface area contributed by atoms with Crippen LogP contribution in [0.3, 0.4) is 0 Å². The summed E-state index contributed by atoms with van der Waals surface area (Å²) in [5.74, 6) is 0.224. The Morgan fingerprint density at radius 3 is 2.59 bits per heavy atom. The molecular weight excluding hydrogens is 338 g/mol. The van der Waals surface area contributed by atoms with Gasteiger partial charge in [0.05, 0.1) is 11.1 Å². The Morgan fingerprint density at radius 1 is 1.11 bits per heavy atom. The number of amides is 1. The van der Waals surface area contributed by atoms with Crippen molar-refractivity contribution in [2.45, 2.75) is 44.6 Å². The maximum atomic E-state index is 12.5. The maximum absolute atomic E-state index is 12.5. The van der Waals surface area contributed by atoms with Crippen LogP contribution in [-0.4, -0.2) is 58.5 Å². The third-order valence-electron chi connectivity index (χ3n) is 6.15. The molecule has 1 aromatic heterocycles. The van der Waals surface area contributed by atoms with Crippen molar-refractivity contribution in [3.63, 3.8) is 0 Å². The van der Waals surface area contributed by atoms with Gasteiger partial charge in [-0.15, -0.1) is 0 Å². The molecule has 1 amide bonds. The van der Waals surface area contributed by atoms with Crippen LogP contribution in [0.2, 0.25) is 0 Å². The second-order valence-corrected chi connectivity index (χ2v) is 8.07. The van der Waals surface area contributed by atoms with E-state index in [1.807, 2.05) is 36.1 Å². The summed E-state index contributed by atoms with van der Waals surface area (Å²) in [6.07, 6.45) is 4.29. The smallest absolute Gasteiger partial charge is 0.223 e. The monoisotopic (exact) mass is 367 g/mol. The fourth-order valence-electron chi connectivity index (χ4n) is 4.35. The predicted molar refractivity (Wildman–Crippen MR) is 106 cm³/mol. The van der Waals surface area contributed by atoms with Crippen LogP contribution in [0.1, 0.15) is 43.4 Å². The summed E-state index contributed by atoms with van der Waals surface area (Å²) in [6, 6.07) is 10.1. The van der Waals surface area contributed by atoms with Gasteiger partial charge >= 0.3 is 0 Å². The molecule has 27 heavy (non-hydrogen) atoms. The normalized spacial score (nSPS) is 20.3. The highest BCUT2D eigenvalue weighted by atomic mass is 16.3. The fraction of sp³-hybridized carbons (Fsp3) is 0.545. The number of carbonyl (C=O) groups excluding carboxylic acids is 1. The van der Waals surface area contributed by atoms with Crippen molar-refractivity contribution in [3.05, 3.63) is 41.6 Å². The summed E-state index contributed by atoms with van der Waals surface area (Å²) in [5, 5.41) is 12.2. The number of aryl methyl sites for hydroxylation is 1. The molecule has 2 aromatic rings. The number of nitrogens with zero attached hydrogens (tertiary/aromatic N) is 3. The molecule has 2 aliphatic rings. The number of aliphatic hydroxyl groups is 1. The topological polar surface area (TPSA) is 56.7 Å². The molecule has 0 unspecified atom stereocenters. The minimum atomic E-state index is -0.856. The quantitative estimate of drug-likeness (QED) is 0.903. The number of fused-ring (bicyclic) bond motifs is 1. The summed E-state index contributed by atoms with van der Waals surface area (Å²) < 4.78 is 0. The lowest BCUT2D eigenvalue weighted by molar-refractivity contribution is -0.136. The van der Waals surface area contributed by atoms with Crippen molar-refractivity contribution in [1.29, 1.82) is 0 Å². The van der Waals surface area contributed by atoms with E-state index >= 15 is 0 Å². The Bertz CT molecular complexity index is 821. The van der Waals surface area contributed by atoms with Gasteiger partial charge < -0.3 is 14.9 Å². The molecule has 0 radical (unpaired) electrons. The third-order valence-corrected chi connectivity index (χ3v) is 6.15. The number of pyridine rings is 1. The van der Waals surface area contributed by atoms with E-state index < -0.39 is 5.60 Å². The van der Waals surface area contributed by atoms with E-state index in [0.29, 0.717) is 32.4 Å². The summed E-state index contributed by atoms with van der Waals surface area (Å²) in [4.78, 5) is 21.4. The van der Waals surface area contributed by atoms with Crippen LogP contribution in [0.4, 0.5) is 0 Å². The van der Waals surface area contributed by atoms with E-state index in [4.69, 9.17) is 0 Å².